The second-order valence-corrected chi connectivity index (χ2v) is 12.9. The van der Waals surface area contributed by atoms with Crippen molar-refractivity contribution in [2.75, 3.05) is 0 Å². The second-order valence-electron chi connectivity index (χ2n) is 7.48. The van der Waals surface area contributed by atoms with Gasteiger partial charge in [0.25, 0.3) is 0 Å². The summed E-state index contributed by atoms with van der Waals surface area (Å²) in [6.45, 7) is 15.4. The third-order valence-corrected chi connectivity index (χ3v) is 14.1. The largest absolute Gasteiger partial charge is 0.0685 e. The zero-order chi connectivity index (χ0) is 11.5. The predicted molar refractivity (Wildman–Crippen MR) is 71.0 cm³/mol. The number of hydrogen-bond acceptors (Lipinski definition) is 0. The quantitative estimate of drug-likeness (QED) is 0.545. The molecule has 1 saturated carbocycles. The molecule has 0 aromatic rings. The lowest BCUT2D eigenvalue weighted by molar-refractivity contribution is 0.134. The molecule has 1 heteroatoms. The van der Waals surface area contributed by atoms with E-state index in [0.717, 1.165) is 5.92 Å². The van der Waals surface area contributed by atoms with Gasteiger partial charge in [-0.15, -0.1) is 0 Å². The Morgan fingerprint density at radius 1 is 1.00 bits per heavy atom. The summed E-state index contributed by atoms with van der Waals surface area (Å²) in [7, 11) is -1.01. The maximum atomic E-state index is 2.71. The maximum Gasteiger partial charge on any atom is 0.0598 e. The van der Waals surface area contributed by atoms with Crippen LogP contribution in [0.5, 0.6) is 0 Å². The van der Waals surface area contributed by atoms with E-state index < -0.39 is 8.07 Å². The molecule has 1 aliphatic carbocycles. The van der Waals surface area contributed by atoms with Crippen LogP contribution >= 0.6 is 0 Å². The first-order valence-electron chi connectivity index (χ1n) is 6.73. The van der Waals surface area contributed by atoms with Crippen LogP contribution in [0.25, 0.3) is 0 Å². The highest BCUT2D eigenvalue weighted by molar-refractivity contribution is 6.83. The van der Waals surface area contributed by atoms with Crippen LogP contribution in [-0.4, -0.2) is 8.07 Å². The molecule has 0 spiro atoms. The molecule has 2 rings (SSSR count). The maximum absolute atomic E-state index is 2.71. The topological polar surface area (TPSA) is 0 Å². The molecule has 2 aliphatic rings. The molecular formula is C14H28Si. The average Bonchev–Trinajstić information content (AvgIpc) is 2.93. The molecule has 2 fully saturated rings. The molecule has 2 atom stereocenters. The summed E-state index contributed by atoms with van der Waals surface area (Å²) in [5, 5.41) is 0.624. The molecule has 0 aromatic carbocycles. The Labute approximate surface area is 96.9 Å². The fourth-order valence-corrected chi connectivity index (χ4v) is 10.2. The van der Waals surface area contributed by atoms with Gasteiger partial charge in [0, 0.05) is 0 Å². The fourth-order valence-electron chi connectivity index (χ4n) is 3.98. The van der Waals surface area contributed by atoms with E-state index in [4.69, 9.17) is 0 Å². The molecule has 0 N–H and O–H groups in total. The van der Waals surface area contributed by atoms with Crippen molar-refractivity contribution < 1.29 is 0 Å². The van der Waals surface area contributed by atoms with Crippen molar-refractivity contribution >= 4 is 8.07 Å². The molecule has 0 bridgehead atoms. The van der Waals surface area contributed by atoms with Gasteiger partial charge in [0.1, 0.15) is 0 Å². The van der Waals surface area contributed by atoms with Gasteiger partial charge in [-0.05, 0) is 21.9 Å². The molecular weight excluding hydrogens is 196 g/mol. The van der Waals surface area contributed by atoms with E-state index >= 15 is 0 Å². The Morgan fingerprint density at radius 3 is 2.00 bits per heavy atom. The van der Waals surface area contributed by atoms with Gasteiger partial charge in [-0.1, -0.05) is 66.5 Å². The Balaban J connectivity index is 2.36. The minimum atomic E-state index is -1.01. The SMILES string of the molecule is CC1CC[Si](C)(C2CC2)C(C)(C)C1(C)C. The molecule has 0 nitrogen and oxygen atoms in total. The Hall–Kier alpha value is 0.217. The van der Waals surface area contributed by atoms with Crippen molar-refractivity contribution in [3.05, 3.63) is 0 Å². The normalized spacial score (nSPS) is 44.0. The van der Waals surface area contributed by atoms with E-state index in [1.165, 1.54) is 12.0 Å². The molecule has 2 unspecified atom stereocenters. The molecule has 15 heavy (non-hydrogen) atoms. The molecule has 1 saturated heterocycles. The first-order valence-corrected chi connectivity index (χ1v) is 9.52. The zero-order valence-corrected chi connectivity index (χ0v) is 12.5. The molecule has 1 heterocycles. The van der Waals surface area contributed by atoms with Crippen LogP contribution in [-0.2, 0) is 0 Å². The smallest absolute Gasteiger partial charge is 0.0598 e. The predicted octanol–water partition coefficient (Wildman–Crippen LogP) is 5.08. The van der Waals surface area contributed by atoms with Gasteiger partial charge in [0.15, 0.2) is 0 Å². The highest BCUT2D eigenvalue weighted by Gasteiger charge is 2.61. The lowest BCUT2D eigenvalue weighted by atomic mass is 9.69. The first kappa shape index (κ1) is 11.7. The summed E-state index contributed by atoms with van der Waals surface area (Å²) in [5.74, 6) is 0.909. The summed E-state index contributed by atoms with van der Waals surface area (Å²) in [4.78, 5) is 0. The Bertz CT molecular complexity index is 263. The van der Waals surface area contributed by atoms with Crippen LogP contribution in [0.3, 0.4) is 0 Å². The van der Waals surface area contributed by atoms with Gasteiger partial charge in [-0.3, -0.25) is 0 Å². The van der Waals surface area contributed by atoms with E-state index in [1.54, 1.807) is 18.9 Å². The van der Waals surface area contributed by atoms with Crippen molar-refractivity contribution in [1.29, 1.82) is 0 Å². The van der Waals surface area contributed by atoms with Gasteiger partial charge >= 0.3 is 0 Å². The lowest BCUT2D eigenvalue weighted by Gasteiger charge is -2.60. The Kier molecular flexibility index (Phi) is 2.43. The minimum absolute atomic E-state index is 0.550. The highest BCUT2D eigenvalue weighted by Crippen LogP contribution is 2.68. The van der Waals surface area contributed by atoms with Gasteiger partial charge in [0.05, 0.1) is 8.07 Å². The average molecular weight is 224 g/mol. The van der Waals surface area contributed by atoms with Gasteiger partial charge in [-0.25, -0.2) is 0 Å². The van der Waals surface area contributed by atoms with E-state index in [9.17, 15) is 0 Å². The lowest BCUT2D eigenvalue weighted by Crippen LogP contribution is -2.56. The monoisotopic (exact) mass is 224 g/mol. The van der Waals surface area contributed by atoms with Crippen molar-refractivity contribution in [3.63, 3.8) is 0 Å². The van der Waals surface area contributed by atoms with Crippen LogP contribution in [0.4, 0.5) is 0 Å². The zero-order valence-electron chi connectivity index (χ0n) is 11.5. The summed E-state index contributed by atoms with van der Waals surface area (Å²) in [6.07, 6.45) is 4.60. The summed E-state index contributed by atoms with van der Waals surface area (Å²) in [6, 6.07) is 1.59. The van der Waals surface area contributed by atoms with Crippen molar-refractivity contribution in [3.8, 4) is 0 Å². The van der Waals surface area contributed by atoms with E-state index in [-0.39, 0.29) is 0 Å². The first-order chi connectivity index (χ1) is 6.73. The van der Waals surface area contributed by atoms with Crippen LogP contribution in [0.15, 0.2) is 0 Å². The van der Waals surface area contributed by atoms with Crippen LogP contribution in [0, 0.1) is 11.3 Å². The molecule has 88 valence electrons. The summed E-state index contributed by atoms with van der Waals surface area (Å²) >= 11 is 0. The summed E-state index contributed by atoms with van der Waals surface area (Å²) < 4.78 is 0. The molecule has 0 aromatic heterocycles. The van der Waals surface area contributed by atoms with Gasteiger partial charge in [-0.2, -0.15) is 0 Å². The van der Waals surface area contributed by atoms with E-state index in [1.807, 2.05) is 0 Å². The molecule has 1 aliphatic heterocycles. The van der Waals surface area contributed by atoms with Gasteiger partial charge in [0.2, 0.25) is 0 Å². The summed E-state index contributed by atoms with van der Waals surface area (Å²) in [5.41, 5.74) is 1.72. The van der Waals surface area contributed by atoms with Crippen LogP contribution in [0.1, 0.15) is 53.9 Å². The van der Waals surface area contributed by atoms with Crippen molar-refractivity contribution in [2.24, 2.45) is 11.3 Å². The van der Waals surface area contributed by atoms with Gasteiger partial charge < -0.3 is 0 Å². The third kappa shape index (κ3) is 1.38. The second kappa shape index (κ2) is 3.12. The Morgan fingerprint density at radius 2 is 1.53 bits per heavy atom. The van der Waals surface area contributed by atoms with Crippen LogP contribution in [0.2, 0.25) is 23.2 Å². The molecule has 0 radical (unpaired) electrons. The van der Waals surface area contributed by atoms with Crippen molar-refractivity contribution in [2.45, 2.75) is 77.1 Å². The number of hydrogen-bond donors (Lipinski definition) is 0. The number of rotatable bonds is 1. The fraction of sp³-hybridized carbons (Fsp3) is 1.00. The minimum Gasteiger partial charge on any atom is -0.0685 e. The standard InChI is InChI=1S/C14H28Si/c1-11-9-10-15(6,12-7-8-12)14(4,5)13(11,2)3/h11-12H,7-10H2,1-6H3. The van der Waals surface area contributed by atoms with E-state index in [0.29, 0.717) is 10.5 Å². The molecule has 0 amide bonds. The van der Waals surface area contributed by atoms with Crippen molar-refractivity contribution in [1.82, 2.24) is 0 Å². The van der Waals surface area contributed by atoms with Crippen LogP contribution < -0.4 is 0 Å². The highest BCUT2D eigenvalue weighted by atomic mass is 28.3. The third-order valence-electron chi connectivity index (χ3n) is 6.85. The van der Waals surface area contributed by atoms with E-state index in [2.05, 4.69) is 41.2 Å².